The number of imidazole rings is 1. The third-order valence-electron chi connectivity index (χ3n) is 6.26. The third kappa shape index (κ3) is 4.31. The van der Waals surface area contributed by atoms with Crippen LogP contribution in [0.4, 0.5) is 5.95 Å². The first kappa shape index (κ1) is 25.2. The molecule has 9 nitrogen and oxygen atoms in total. The Hall–Kier alpha value is -4.50. The fourth-order valence-electron chi connectivity index (χ4n) is 4.48. The van der Waals surface area contributed by atoms with Crippen LogP contribution in [0.25, 0.3) is 16.8 Å². The molecule has 1 unspecified atom stereocenters. The van der Waals surface area contributed by atoms with Crippen LogP contribution in [0.5, 0.6) is 17.2 Å². The molecule has 0 radical (unpaired) electrons. The Morgan fingerprint density at radius 1 is 1.03 bits per heavy atom. The highest BCUT2D eigenvalue weighted by atomic mass is 35.5. The van der Waals surface area contributed by atoms with Crippen molar-refractivity contribution in [1.82, 2.24) is 9.97 Å². The minimum Gasteiger partial charge on any atom is -0.507 e. The molecule has 1 aliphatic heterocycles. The fraction of sp³-hybridized carbons (Fsp3) is 0.179. The Kier molecular flexibility index (Phi) is 6.69. The van der Waals surface area contributed by atoms with Crippen LogP contribution in [0.3, 0.4) is 0 Å². The zero-order chi connectivity index (χ0) is 27.0. The van der Waals surface area contributed by atoms with E-state index in [9.17, 15) is 14.7 Å². The van der Waals surface area contributed by atoms with Crippen LogP contribution in [0.15, 0.2) is 66.2 Å². The molecule has 0 bridgehead atoms. The Labute approximate surface area is 223 Å². The number of carbonyl (C=O) groups excluding carboxylic acids is 2. The van der Waals surface area contributed by atoms with Crippen molar-refractivity contribution < 1.29 is 28.9 Å². The molecule has 4 aromatic rings. The maximum atomic E-state index is 13.5. The van der Waals surface area contributed by atoms with E-state index in [1.807, 2.05) is 6.92 Å². The van der Waals surface area contributed by atoms with Gasteiger partial charge in [-0.2, -0.15) is 0 Å². The van der Waals surface area contributed by atoms with Gasteiger partial charge in [0.15, 0.2) is 0 Å². The van der Waals surface area contributed by atoms with E-state index >= 15 is 0 Å². The summed E-state index contributed by atoms with van der Waals surface area (Å²) in [4.78, 5) is 35.9. The lowest BCUT2D eigenvalue weighted by molar-refractivity contribution is -0.132. The van der Waals surface area contributed by atoms with E-state index in [1.54, 1.807) is 61.7 Å². The molecule has 5 rings (SSSR count). The van der Waals surface area contributed by atoms with Gasteiger partial charge in [0.2, 0.25) is 5.95 Å². The molecule has 0 spiro atoms. The molecule has 194 valence electrons. The number of aliphatic hydroxyl groups excluding tert-OH is 1. The van der Waals surface area contributed by atoms with Crippen LogP contribution in [0.1, 0.15) is 24.1 Å². The summed E-state index contributed by atoms with van der Waals surface area (Å²) in [6.07, 6.45) is 0. The lowest BCUT2D eigenvalue weighted by Crippen LogP contribution is -2.30. The first-order valence-corrected chi connectivity index (χ1v) is 12.2. The van der Waals surface area contributed by atoms with E-state index < -0.39 is 23.5 Å². The van der Waals surface area contributed by atoms with Gasteiger partial charge in [-0.25, -0.2) is 4.98 Å². The maximum Gasteiger partial charge on any atom is 0.302 e. The molecule has 1 amide bonds. The number of amides is 1. The number of hydrogen-bond acceptors (Lipinski definition) is 7. The molecule has 0 aliphatic carbocycles. The van der Waals surface area contributed by atoms with Crippen LogP contribution in [-0.4, -0.2) is 47.6 Å². The van der Waals surface area contributed by atoms with Crippen molar-refractivity contribution in [3.05, 3.63) is 82.4 Å². The molecule has 1 fully saturated rings. The molecule has 1 saturated heterocycles. The Balaban J connectivity index is 1.73. The highest BCUT2D eigenvalue weighted by molar-refractivity contribution is 6.51. The summed E-state index contributed by atoms with van der Waals surface area (Å²) >= 11 is 6.42. The molecule has 0 saturated carbocycles. The number of methoxy groups -OCH3 is 2. The number of ether oxygens (including phenoxy) is 3. The molecular weight excluding hydrogens is 510 g/mol. The van der Waals surface area contributed by atoms with E-state index in [0.29, 0.717) is 40.5 Å². The topological polar surface area (TPSA) is 114 Å². The minimum absolute atomic E-state index is 0.136. The number of ketones is 1. The van der Waals surface area contributed by atoms with Crippen LogP contribution in [0.2, 0.25) is 5.02 Å². The molecule has 10 heteroatoms. The number of aliphatic hydroxyl groups is 1. The van der Waals surface area contributed by atoms with E-state index in [1.165, 1.54) is 18.1 Å². The number of hydrogen-bond donors (Lipinski definition) is 2. The van der Waals surface area contributed by atoms with Crippen LogP contribution >= 0.6 is 11.6 Å². The van der Waals surface area contributed by atoms with Crippen molar-refractivity contribution in [1.29, 1.82) is 0 Å². The number of aromatic nitrogens is 2. The number of H-pyrrole nitrogens is 1. The lowest BCUT2D eigenvalue weighted by atomic mass is 9.95. The third-order valence-corrected chi connectivity index (χ3v) is 6.59. The smallest absolute Gasteiger partial charge is 0.302 e. The summed E-state index contributed by atoms with van der Waals surface area (Å²) in [5.41, 5.74) is 1.73. The molecule has 38 heavy (non-hydrogen) atoms. The van der Waals surface area contributed by atoms with Crippen molar-refractivity contribution >= 4 is 46.0 Å². The zero-order valence-electron chi connectivity index (χ0n) is 20.8. The van der Waals surface area contributed by atoms with E-state index in [2.05, 4.69) is 9.97 Å². The van der Waals surface area contributed by atoms with Gasteiger partial charge in [-0.15, -0.1) is 0 Å². The largest absolute Gasteiger partial charge is 0.507 e. The number of anilines is 1. The van der Waals surface area contributed by atoms with Gasteiger partial charge >= 0.3 is 5.91 Å². The Morgan fingerprint density at radius 2 is 1.76 bits per heavy atom. The van der Waals surface area contributed by atoms with E-state index in [0.717, 1.165) is 0 Å². The normalized spacial score (nSPS) is 16.7. The first-order valence-electron chi connectivity index (χ1n) is 11.8. The quantitative estimate of drug-likeness (QED) is 0.189. The predicted molar refractivity (Wildman–Crippen MR) is 143 cm³/mol. The van der Waals surface area contributed by atoms with Gasteiger partial charge < -0.3 is 24.3 Å². The van der Waals surface area contributed by atoms with Gasteiger partial charge in [-0.3, -0.25) is 14.5 Å². The number of carbonyl (C=O) groups is 2. The summed E-state index contributed by atoms with van der Waals surface area (Å²) < 4.78 is 16.2. The molecule has 3 aromatic carbocycles. The van der Waals surface area contributed by atoms with Crippen molar-refractivity contribution in [2.45, 2.75) is 13.0 Å². The van der Waals surface area contributed by atoms with Gasteiger partial charge in [0.1, 0.15) is 23.0 Å². The van der Waals surface area contributed by atoms with Crippen molar-refractivity contribution in [2.75, 3.05) is 25.7 Å². The molecule has 1 atom stereocenters. The van der Waals surface area contributed by atoms with Crippen LogP contribution in [0, 0.1) is 0 Å². The van der Waals surface area contributed by atoms with Crippen molar-refractivity contribution in [3.8, 4) is 17.2 Å². The van der Waals surface area contributed by atoms with Gasteiger partial charge in [0.25, 0.3) is 5.78 Å². The van der Waals surface area contributed by atoms with E-state index in [4.69, 9.17) is 25.8 Å². The Morgan fingerprint density at radius 3 is 2.50 bits per heavy atom. The SMILES string of the molecule is CCOc1ccc(Cl)c(/C(O)=C2\C(=O)C(=O)N(c3nc4ccc(OC)cc4[nH]3)C2c2cccc(OC)c2)c1. The summed E-state index contributed by atoms with van der Waals surface area (Å²) in [7, 11) is 3.06. The molecule has 1 aliphatic rings. The average Bonchev–Trinajstić information content (AvgIpc) is 3.47. The second-order valence-corrected chi connectivity index (χ2v) is 8.87. The fourth-order valence-corrected chi connectivity index (χ4v) is 4.69. The average molecular weight is 534 g/mol. The van der Waals surface area contributed by atoms with Crippen LogP contribution < -0.4 is 19.1 Å². The highest BCUT2D eigenvalue weighted by Gasteiger charge is 2.48. The number of nitrogens with one attached hydrogen (secondary N) is 1. The highest BCUT2D eigenvalue weighted by Crippen LogP contribution is 2.43. The number of benzene rings is 3. The summed E-state index contributed by atoms with van der Waals surface area (Å²) in [6.45, 7) is 2.22. The monoisotopic (exact) mass is 533 g/mol. The molecule has 1 aromatic heterocycles. The van der Waals surface area contributed by atoms with Gasteiger partial charge in [0, 0.05) is 11.6 Å². The minimum atomic E-state index is -1.03. The summed E-state index contributed by atoms with van der Waals surface area (Å²) in [5.74, 6) is -0.466. The second-order valence-electron chi connectivity index (χ2n) is 8.46. The standard InChI is InChI=1S/C28H24ClN3O6/c1-4-38-18-8-10-20(29)19(13-18)25(33)23-24(15-6-5-7-16(12-15)36-2)32(27(35)26(23)34)28-30-21-11-9-17(37-3)14-22(21)31-28/h5-14,24,33H,4H2,1-3H3,(H,30,31)/b25-23+. The van der Waals surface area contributed by atoms with Crippen molar-refractivity contribution in [3.63, 3.8) is 0 Å². The van der Waals surface area contributed by atoms with Gasteiger partial charge in [-0.1, -0.05) is 23.7 Å². The molecule has 2 N–H and O–H groups in total. The Bertz CT molecular complexity index is 1590. The number of nitrogens with zero attached hydrogens (tertiary/aromatic N) is 2. The number of fused-ring (bicyclic) bond motifs is 1. The maximum absolute atomic E-state index is 13.5. The first-order chi connectivity index (χ1) is 18.4. The van der Waals surface area contributed by atoms with E-state index in [-0.39, 0.29) is 22.1 Å². The predicted octanol–water partition coefficient (Wildman–Crippen LogP) is 5.26. The summed E-state index contributed by atoms with van der Waals surface area (Å²) in [6, 6.07) is 15.9. The lowest BCUT2D eigenvalue weighted by Gasteiger charge is -2.23. The zero-order valence-corrected chi connectivity index (χ0v) is 21.6. The van der Waals surface area contributed by atoms with Gasteiger partial charge in [-0.05, 0) is 55.0 Å². The molecular formula is C28H24ClN3O6. The van der Waals surface area contributed by atoms with Crippen LogP contribution in [-0.2, 0) is 9.59 Å². The number of Topliss-reactive ketones (excluding diaryl/α,β-unsaturated/α-hetero) is 1. The second kappa shape index (κ2) is 10.1. The van der Waals surface area contributed by atoms with Gasteiger partial charge in [0.05, 0.1) is 48.5 Å². The number of rotatable bonds is 7. The number of halogens is 1. The number of aromatic amines is 1. The summed E-state index contributed by atoms with van der Waals surface area (Å²) in [5, 5.41) is 11.7. The van der Waals surface area contributed by atoms with Crippen molar-refractivity contribution in [2.24, 2.45) is 0 Å². The molecule has 2 heterocycles.